The highest BCUT2D eigenvalue weighted by Crippen LogP contribution is 2.45. The van der Waals surface area contributed by atoms with Crippen molar-refractivity contribution in [3.63, 3.8) is 0 Å². The molecule has 12 bridgehead atoms. The minimum Gasteiger partial charge on any atom is -0.507 e. The van der Waals surface area contributed by atoms with E-state index in [0.29, 0.717) is 61.4 Å². The molecule has 0 aromatic heterocycles. The van der Waals surface area contributed by atoms with Crippen LogP contribution in [0.2, 0.25) is 0 Å². The summed E-state index contributed by atoms with van der Waals surface area (Å²) in [6.07, 6.45) is 1.29. The molecule has 0 saturated carbocycles. The molecule has 0 fully saturated rings. The predicted octanol–water partition coefficient (Wildman–Crippen LogP) is 16.6. The van der Waals surface area contributed by atoms with Gasteiger partial charge in [-0.25, -0.2) is 4.79 Å². The van der Waals surface area contributed by atoms with Gasteiger partial charge in [-0.15, -0.1) is 0 Å². The van der Waals surface area contributed by atoms with Gasteiger partial charge in [-0.05, 0) is 153 Å². The van der Waals surface area contributed by atoms with E-state index in [-0.39, 0.29) is 106 Å². The fourth-order valence-electron chi connectivity index (χ4n) is 10.7. The molecule has 1 aliphatic rings. The number of rotatable bonds is 3. The number of ether oxygens (including phenoxy) is 2. The van der Waals surface area contributed by atoms with E-state index in [4.69, 9.17) is 9.47 Å². The van der Waals surface area contributed by atoms with Gasteiger partial charge in [-0.2, -0.15) is 0 Å². The Bertz CT molecular complexity index is 3150. The van der Waals surface area contributed by atoms with Crippen LogP contribution in [0.5, 0.6) is 34.5 Å². The van der Waals surface area contributed by atoms with Crippen molar-refractivity contribution in [1.82, 2.24) is 0 Å². The number of esters is 1. The lowest BCUT2D eigenvalue weighted by Crippen LogP contribution is -2.27. The number of phenols is 5. The van der Waals surface area contributed by atoms with Gasteiger partial charge in [0.15, 0.2) is 6.61 Å². The second-order valence-electron chi connectivity index (χ2n) is 30.3. The molecule has 0 spiro atoms. The number of phenolic OH excluding ortho intramolecular Hbond substituents is 5. The maximum Gasteiger partial charge on any atom is 0.344 e. The molecule has 430 valence electrons. The van der Waals surface area contributed by atoms with Crippen LogP contribution in [0, 0.1) is 0 Å². The molecule has 1 aliphatic carbocycles. The average molecular weight is 1090 g/mol. The highest BCUT2D eigenvalue weighted by molar-refractivity contribution is 5.72. The first-order valence-electron chi connectivity index (χ1n) is 28.7. The van der Waals surface area contributed by atoms with Gasteiger partial charge in [0.2, 0.25) is 0 Å². The summed E-state index contributed by atoms with van der Waals surface area (Å²) < 4.78 is 12.5. The van der Waals surface area contributed by atoms with Crippen molar-refractivity contribution in [3.8, 4) is 34.5 Å². The molecule has 80 heavy (non-hydrogen) atoms. The van der Waals surface area contributed by atoms with Gasteiger partial charge in [0.25, 0.3) is 0 Å². The minimum absolute atomic E-state index is 0.0942. The van der Waals surface area contributed by atoms with E-state index in [0.717, 1.165) is 44.5 Å². The van der Waals surface area contributed by atoms with E-state index >= 15 is 0 Å². The molecule has 0 heterocycles. The molecule has 0 unspecified atom stereocenters. The third-order valence-corrected chi connectivity index (χ3v) is 15.8. The summed E-state index contributed by atoms with van der Waals surface area (Å²) in [6.45, 7) is 43.8. The molecule has 6 aromatic carbocycles. The Kier molecular flexibility index (Phi) is 16.4. The van der Waals surface area contributed by atoms with Crippen LogP contribution < -0.4 is 4.74 Å². The second-order valence-corrected chi connectivity index (χ2v) is 30.3. The normalized spacial score (nSPS) is 14.1. The first-order chi connectivity index (χ1) is 36.5. The van der Waals surface area contributed by atoms with E-state index in [1.54, 1.807) is 0 Å². The zero-order valence-corrected chi connectivity index (χ0v) is 52.3. The van der Waals surface area contributed by atoms with Crippen LogP contribution in [0.25, 0.3) is 0 Å². The van der Waals surface area contributed by atoms with E-state index in [9.17, 15) is 30.3 Å². The molecule has 8 heteroatoms. The lowest BCUT2D eigenvalue weighted by Gasteiger charge is -2.27. The van der Waals surface area contributed by atoms with Gasteiger partial charge in [0.05, 0.1) is 0 Å². The summed E-state index contributed by atoms with van der Waals surface area (Å²) >= 11 is 0. The predicted molar refractivity (Wildman–Crippen MR) is 327 cm³/mol. The molecule has 5 N–H and O–H groups in total. The zero-order valence-electron chi connectivity index (χ0n) is 52.3. The average Bonchev–Trinajstić information content (AvgIpc) is 3.29. The number of hydrogen-bond donors (Lipinski definition) is 5. The Morgan fingerprint density at radius 3 is 0.637 bits per heavy atom. The van der Waals surface area contributed by atoms with Crippen molar-refractivity contribution in [2.45, 2.75) is 222 Å². The Balaban J connectivity index is 1.61. The maximum absolute atomic E-state index is 13.6. The number of carbonyl (C=O) groups is 1. The van der Waals surface area contributed by atoms with Crippen molar-refractivity contribution in [3.05, 3.63) is 173 Å². The van der Waals surface area contributed by atoms with E-state index < -0.39 is 11.6 Å². The lowest BCUT2D eigenvalue weighted by molar-refractivity contribution is -0.157. The quantitative estimate of drug-likeness (QED) is 0.110. The standard InChI is InChI=1S/C72H94O8/c1-66(2,3)53-28-41-22-43-30-54(67(4,5)6)32-45(61(43)75)24-47-34-56(69(10,11)12)36-49(63(47)77)26-51-38-58(71(16,17)18)39-52(65(51)79-40-59(73)80-72(19,20)21)27-50-37-57(70(13,14)15)35-48(64(50)78)25-46-33-55(68(7,8)9)31-44(62(46)76)23-42(29-53)60(41)74/h28-39,74-78H,22-27,40H2,1-21H3. The monoisotopic (exact) mass is 1090 g/mol. The van der Waals surface area contributed by atoms with Crippen LogP contribution in [-0.2, 0) is 80.5 Å². The minimum atomic E-state index is -0.754. The SMILES string of the molecule is CC(C)(C)OC(=O)COc1c2cc(C(C)(C)C)cc1Cc1cc(C(C)(C)C)cc(c1O)Cc1cc(C(C)(C)C)cc(c1O)Cc1cc(C(C)(C)C)cc(c1O)Cc1cc(C(C)(C)C)cc(c1O)Cc1cc(C(C)(C)C)cc(c1O)C2. The molecule has 8 nitrogen and oxygen atoms in total. The highest BCUT2D eigenvalue weighted by Gasteiger charge is 2.30. The van der Waals surface area contributed by atoms with Gasteiger partial charge in [-0.3, -0.25) is 0 Å². The van der Waals surface area contributed by atoms with Crippen LogP contribution in [0.3, 0.4) is 0 Å². The smallest absolute Gasteiger partial charge is 0.344 e. The molecular formula is C72H94O8. The Morgan fingerprint density at radius 1 is 0.312 bits per heavy atom. The largest absolute Gasteiger partial charge is 0.507 e. The molecular weight excluding hydrogens is 993 g/mol. The summed E-state index contributed by atoms with van der Waals surface area (Å²) in [5, 5.41) is 63.4. The van der Waals surface area contributed by atoms with Crippen molar-refractivity contribution in [2.75, 3.05) is 6.61 Å². The van der Waals surface area contributed by atoms with E-state index in [2.05, 4.69) is 149 Å². The van der Waals surface area contributed by atoms with Gasteiger partial charge >= 0.3 is 5.97 Å². The molecule has 0 atom stereocenters. The summed E-state index contributed by atoms with van der Waals surface area (Å²) in [6, 6.07) is 24.7. The first kappa shape index (κ1) is 61.2. The van der Waals surface area contributed by atoms with Crippen molar-refractivity contribution in [1.29, 1.82) is 0 Å². The maximum atomic E-state index is 13.6. The molecule has 7 rings (SSSR count). The Hall–Kier alpha value is -6.41. The van der Waals surface area contributed by atoms with Crippen LogP contribution in [0.15, 0.2) is 72.8 Å². The number of benzene rings is 6. The summed E-state index contributed by atoms with van der Waals surface area (Å²) in [4.78, 5) is 13.6. The summed E-state index contributed by atoms with van der Waals surface area (Å²) in [5.74, 6) is 0.414. The van der Waals surface area contributed by atoms with E-state index in [1.165, 1.54) is 0 Å². The van der Waals surface area contributed by atoms with Crippen LogP contribution in [0.4, 0.5) is 0 Å². The molecule has 6 aromatic rings. The van der Waals surface area contributed by atoms with Crippen molar-refractivity contribution >= 4 is 5.97 Å². The van der Waals surface area contributed by atoms with Crippen molar-refractivity contribution in [2.24, 2.45) is 0 Å². The van der Waals surface area contributed by atoms with Crippen LogP contribution in [-0.4, -0.2) is 43.7 Å². The van der Waals surface area contributed by atoms with Crippen LogP contribution >= 0.6 is 0 Å². The molecule has 0 radical (unpaired) electrons. The number of carbonyl (C=O) groups excluding carboxylic acids is 1. The number of aromatic hydroxyl groups is 5. The van der Waals surface area contributed by atoms with E-state index in [1.807, 2.05) is 69.3 Å². The second kappa shape index (κ2) is 21.5. The molecule has 0 saturated heterocycles. The Labute approximate surface area is 479 Å². The fourth-order valence-corrected chi connectivity index (χ4v) is 10.7. The summed E-state index contributed by atoms with van der Waals surface area (Å²) in [5.41, 5.74) is 11.2. The Morgan fingerprint density at radius 2 is 0.475 bits per heavy atom. The number of hydrogen-bond acceptors (Lipinski definition) is 8. The zero-order chi connectivity index (χ0) is 59.8. The van der Waals surface area contributed by atoms with Gasteiger partial charge in [-0.1, -0.05) is 197 Å². The lowest BCUT2D eigenvalue weighted by atomic mass is 9.79. The summed E-state index contributed by atoms with van der Waals surface area (Å²) in [7, 11) is 0. The van der Waals surface area contributed by atoms with Gasteiger partial charge in [0, 0.05) is 38.5 Å². The molecule has 0 aliphatic heterocycles. The van der Waals surface area contributed by atoms with Crippen molar-refractivity contribution < 1.29 is 39.8 Å². The van der Waals surface area contributed by atoms with Gasteiger partial charge in [0.1, 0.15) is 40.1 Å². The van der Waals surface area contributed by atoms with Gasteiger partial charge < -0.3 is 35.0 Å². The highest BCUT2D eigenvalue weighted by atomic mass is 16.6. The third kappa shape index (κ3) is 14.0. The van der Waals surface area contributed by atoms with Crippen LogP contribution in [0.1, 0.15) is 246 Å². The number of fused-ring (bicyclic) bond motifs is 12. The third-order valence-electron chi connectivity index (χ3n) is 15.8. The fraction of sp³-hybridized carbons (Fsp3) is 0.486. The molecule has 0 amide bonds. The topological polar surface area (TPSA) is 137 Å². The first-order valence-corrected chi connectivity index (χ1v) is 28.7.